The zero-order valence-electron chi connectivity index (χ0n) is 20.2. The molecule has 1 aromatic carbocycles. The third-order valence-electron chi connectivity index (χ3n) is 6.49. The van der Waals surface area contributed by atoms with Crippen molar-refractivity contribution >= 4 is 18.1 Å². The van der Waals surface area contributed by atoms with Gasteiger partial charge >= 0.3 is 0 Å². The molecule has 10 nitrogen and oxygen atoms in total. The standard InChI is InChI=1S/C26H30N2O8/c1-3-4-21(31)28(12-15-5-8-35-14-15)19-11-18(26(33)27-6-7-29)22-17-9-16(13-30)10-20(34-2)24(17)36-25(22)23(19)32/h5,8-11,13-14,19,22-23,25,29,32H,3-4,6-7,12H2,1-2H3,(H,27,33)/t19-,22+,23+,25+/m1/s1. The van der Waals surface area contributed by atoms with Crippen LogP contribution in [0, 0.1) is 0 Å². The largest absolute Gasteiger partial charge is 0.493 e. The van der Waals surface area contributed by atoms with Gasteiger partial charge in [0.15, 0.2) is 11.5 Å². The molecule has 2 amide bonds. The summed E-state index contributed by atoms with van der Waals surface area (Å²) in [6, 6.07) is 4.00. The predicted molar refractivity (Wildman–Crippen MR) is 128 cm³/mol. The van der Waals surface area contributed by atoms with Crippen LogP contribution >= 0.6 is 0 Å². The van der Waals surface area contributed by atoms with Gasteiger partial charge < -0.3 is 34.3 Å². The van der Waals surface area contributed by atoms with Crippen molar-refractivity contribution in [2.24, 2.45) is 0 Å². The first kappa shape index (κ1) is 25.5. The lowest BCUT2D eigenvalue weighted by Crippen LogP contribution is -2.55. The highest BCUT2D eigenvalue weighted by atomic mass is 16.5. The van der Waals surface area contributed by atoms with Gasteiger partial charge in [-0.1, -0.05) is 6.92 Å². The monoisotopic (exact) mass is 498 g/mol. The second-order valence-corrected chi connectivity index (χ2v) is 8.81. The molecule has 10 heteroatoms. The highest BCUT2D eigenvalue weighted by Crippen LogP contribution is 2.51. The zero-order chi connectivity index (χ0) is 25.8. The van der Waals surface area contributed by atoms with Gasteiger partial charge in [0.2, 0.25) is 11.8 Å². The number of nitrogens with zero attached hydrogens (tertiary/aromatic N) is 1. The summed E-state index contributed by atoms with van der Waals surface area (Å²) in [7, 11) is 1.44. The molecule has 1 aromatic heterocycles. The van der Waals surface area contributed by atoms with Gasteiger partial charge in [-0.25, -0.2) is 0 Å². The Morgan fingerprint density at radius 3 is 2.75 bits per heavy atom. The molecule has 3 N–H and O–H groups in total. The van der Waals surface area contributed by atoms with E-state index < -0.39 is 30.1 Å². The number of methoxy groups -OCH3 is 1. The van der Waals surface area contributed by atoms with Gasteiger partial charge in [0.1, 0.15) is 18.5 Å². The smallest absolute Gasteiger partial charge is 0.247 e. The van der Waals surface area contributed by atoms with E-state index in [1.807, 2.05) is 6.92 Å². The van der Waals surface area contributed by atoms with Crippen molar-refractivity contribution in [3.05, 3.63) is 59.1 Å². The maximum atomic E-state index is 13.3. The Hall–Kier alpha value is -3.63. The summed E-state index contributed by atoms with van der Waals surface area (Å²) in [5.74, 6) is -0.728. The zero-order valence-corrected chi connectivity index (χ0v) is 20.2. The number of carbonyl (C=O) groups excluding carboxylic acids is 3. The maximum Gasteiger partial charge on any atom is 0.247 e. The van der Waals surface area contributed by atoms with Crippen molar-refractivity contribution in [3.8, 4) is 11.5 Å². The number of hydrogen-bond donors (Lipinski definition) is 3. The van der Waals surface area contributed by atoms with Crippen molar-refractivity contribution in [2.75, 3.05) is 20.3 Å². The molecule has 2 heterocycles. The van der Waals surface area contributed by atoms with Gasteiger partial charge in [-0.05, 0) is 30.7 Å². The van der Waals surface area contributed by atoms with Crippen molar-refractivity contribution in [2.45, 2.75) is 50.5 Å². The fraction of sp³-hybridized carbons (Fsp3) is 0.423. The van der Waals surface area contributed by atoms with Gasteiger partial charge in [0.05, 0.1) is 38.2 Å². The number of carbonyl (C=O) groups is 3. The SMILES string of the molecule is CCCC(=O)N(Cc1ccoc1)[C@@H]1C=C(C(=O)NCCO)[C@@H]2c3cc(C=O)cc(OC)c3O[C@@H]2[C@H]1O. The third kappa shape index (κ3) is 4.74. The van der Waals surface area contributed by atoms with Crippen molar-refractivity contribution < 1.29 is 38.5 Å². The molecular weight excluding hydrogens is 468 g/mol. The summed E-state index contributed by atoms with van der Waals surface area (Å²) < 4.78 is 16.8. The number of hydrogen-bond acceptors (Lipinski definition) is 8. The Kier molecular flexibility index (Phi) is 7.76. The normalized spacial score (nSPS) is 22.1. The molecule has 1 aliphatic carbocycles. The second kappa shape index (κ2) is 11.0. The number of aldehydes is 1. The number of rotatable bonds is 10. The minimum Gasteiger partial charge on any atom is -0.493 e. The number of nitrogens with one attached hydrogen (secondary N) is 1. The van der Waals surface area contributed by atoms with Crippen LogP contribution in [0.1, 0.15) is 47.2 Å². The molecule has 0 bridgehead atoms. The van der Waals surface area contributed by atoms with E-state index in [1.165, 1.54) is 30.6 Å². The molecule has 0 saturated heterocycles. The summed E-state index contributed by atoms with van der Waals surface area (Å²) in [4.78, 5) is 39.5. The fourth-order valence-electron chi connectivity index (χ4n) is 4.86. The molecule has 0 spiro atoms. The van der Waals surface area contributed by atoms with Crippen LogP contribution in [-0.4, -0.2) is 71.7 Å². The van der Waals surface area contributed by atoms with Crippen LogP contribution in [0.15, 0.2) is 46.8 Å². The van der Waals surface area contributed by atoms with Crippen molar-refractivity contribution in [3.63, 3.8) is 0 Å². The minimum absolute atomic E-state index is 0.0275. The number of aliphatic hydroxyl groups is 2. The Bertz CT molecular complexity index is 1140. The van der Waals surface area contributed by atoms with E-state index in [0.29, 0.717) is 35.3 Å². The Balaban J connectivity index is 1.81. The highest BCUT2D eigenvalue weighted by molar-refractivity contribution is 5.96. The van der Waals surface area contributed by atoms with Crippen LogP contribution in [0.3, 0.4) is 0 Å². The summed E-state index contributed by atoms with van der Waals surface area (Å²) in [5.41, 5.74) is 1.88. The summed E-state index contributed by atoms with van der Waals surface area (Å²) in [5, 5.41) is 23.4. The van der Waals surface area contributed by atoms with Crippen LogP contribution in [0.25, 0.3) is 0 Å². The Labute approximate surface area is 208 Å². The molecule has 2 aliphatic rings. The second-order valence-electron chi connectivity index (χ2n) is 8.81. The molecule has 192 valence electrons. The fourth-order valence-corrected chi connectivity index (χ4v) is 4.86. The van der Waals surface area contributed by atoms with Gasteiger partial charge in [-0.15, -0.1) is 0 Å². The van der Waals surface area contributed by atoms with Gasteiger partial charge in [-0.3, -0.25) is 14.4 Å². The number of ether oxygens (including phenoxy) is 2. The average molecular weight is 499 g/mol. The van der Waals surface area contributed by atoms with Gasteiger partial charge in [-0.2, -0.15) is 0 Å². The quantitative estimate of drug-likeness (QED) is 0.420. The molecule has 0 saturated carbocycles. The van der Waals surface area contributed by atoms with E-state index in [-0.39, 0.29) is 37.6 Å². The van der Waals surface area contributed by atoms with Crippen LogP contribution < -0.4 is 14.8 Å². The Morgan fingerprint density at radius 1 is 1.31 bits per heavy atom. The number of amides is 2. The third-order valence-corrected chi connectivity index (χ3v) is 6.49. The predicted octanol–water partition coefficient (Wildman–Crippen LogP) is 1.55. The molecule has 36 heavy (non-hydrogen) atoms. The van der Waals surface area contributed by atoms with Crippen LogP contribution in [0.2, 0.25) is 0 Å². The van der Waals surface area contributed by atoms with Crippen LogP contribution in [-0.2, 0) is 16.1 Å². The molecule has 4 atom stereocenters. The lowest BCUT2D eigenvalue weighted by Gasteiger charge is -2.40. The average Bonchev–Trinajstić information content (AvgIpc) is 3.54. The summed E-state index contributed by atoms with van der Waals surface area (Å²) in [6.07, 6.45) is 4.05. The minimum atomic E-state index is -1.19. The first-order valence-electron chi connectivity index (χ1n) is 11.9. The number of benzene rings is 1. The number of furan rings is 1. The van der Waals surface area contributed by atoms with E-state index >= 15 is 0 Å². The van der Waals surface area contributed by atoms with Crippen LogP contribution in [0.5, 0.6) is 11.5 Å². The van der Waals surface area contributed by atoms with Crippen molar-refractivity contribution in [1.29, 1.82) is 0 Å². The molecule has 1 aliphatic heterocycles. The van der Waals surface area contributed by atoms with E-state index in [1.54, 1.807) is 18.2 Å². The van der Waals surface area contributed by atoms with E-state index in [0.717, 1.165) is 5.56 Å². The van der Waals surface area contributed by atoms with Crippen LogP contribution in [0.4, 0.5) is 0 Å². The number of aliphatic hydroxyl groups excluding tert-OH is 2. The summed E-state index contributed by atoms with van der Waals surface area (Å²) >= 11 is 0. The topological polar surface area (TPSA) is 139 Å². The molecule has 0 radical (unpaired) electrons. The molecule has 0 fully saturated rings. The highest BCUT2D eigenvalue weighted by Gasteiger charge is 2.51. The Morgan fingerprint density at radius 2 is 2.11 bits per heavy atom. The molecule has 2 aromatic rings. The van der Waals surface area contributed by atoms with Crippen molar-refractivity contribution in [1.82, 2.24) is 10.2 Å². The molecule has 0 unspecified atom stereocenters. The number of fused-ring (bicyclic) bond motifs is 3. The van der Waals surface area contributed by atoms with Gasteiger partial charge in [0, 0.05) is 41.8 Å². The molecular formula is C26H30N2O8. The summed E-state index contributed by atoms with van der Waals surface area (Å²) in [6.45, 7) is 1.83. The van der Waals surface area contributed by atoms with E-state index in [9.17, 15) is 24.6 Å². The van der Waals surface area contributed by atoms with E-state index in [2.05, 4.69) is 5.32 Å². The first-order chi connectivity index (χ1) is 17.4. The van der Waals surface area contributed by atoms with Gasteiger partial charge in [0.25, 0.3) is 0 Å². The lowest BCUT2D eigenvalue weighted by molar-refractivity contribution is -0.138. The lowest BCUT2D eigenvalue weighted by atomic mass is 9.77. The molecule has 4 rings (SSSR count). The van der Waals surface area contributed by atoms with E-state index in [4.69, 9.17) is 13.9 Å². The first-order valence-corrected chi connectivity index (χ1v) is 11.9. The maximum absolute atomic E-state index is 13.3.